The van der Waals surface area contributed by atoms with E-state index in [0.29, 0.717) is 0 Å². The van der Waals surface area contributed by atoms with Crippen LogP contribution in [0, 0.1) is 25.2 Å². The second-order valence-electron chi connectivity index (χ2n) is 6.09. The van der Waals surface area contributed by atoms with Crippen LogP contribution < -0.4 is 0 Å². The first-order chi connectivity index (χ1) is 10.7. The van der Waals surface area contributed by atoms with Gasteiger partial charge in [0.05, 0.1) is 11.6 Å². The molecule has 0 spiro atoms. The molecule has 4 rings (SSSR count). The number of fused-ring (bicyclic) bond motifs is 2. The average Bonchev–Trinajstić information content (AvgIpc) is 3.08. The zero-order chi connectivity index (χ0) is 15.3. The van der Waals surface area contributed by atoms with Crippen molar-refractivity contribution < 1.29 is 0 Å². The predicted molar refractivity (Wildman–Crippen MR) is 86.8 cm³/mol. The summed E-state index contributed by atoms with van der Waals surface area (Å²) in [7, 11) is 0. The van der Waals surface area contributed by atoms with E-state index in [1.54, 1.807) is 0 Å². The first kappa shape index (κ1) is 13.1. The Morgan fingerprint density at radius 2 is 2.09 bits per heavy atom. The van der Waals surface area contributed by atoms with Gasteiger partial charge in [0.15, 0.2) is 0 Å². The minimum absolute atomic E-state index is 0.287. The average molecular weight is 287 g/mol. The van der Waals surface area contributed by atoms with Gasteiger partial charge in [-0.25, -0.2) is 4.98 Å². The van der Waals surface area contributed by atoms with Gasteiger partial charge in [-0.15, -0.1) is 0 Å². The SMILES string of the molecule is Cc1cc(C)c2c(C#N)cn(C3CCc4ccccc43)c2n1. The molecule has 0 bridgehead atoms. The molecule has 3 heteroatoms. The number of nitriles is 1. The lowest BCUT2D eigenvalue weighted by atomic mass is 10.1. The summed E-state index contributed by atoms with van der Waals surface area (Å²) in [4.78, 5) is 4.73. The van der Waals surface area contributed by atoms with Crippen LogP contribution in [0.1, 0.15) is 40.4 Å². The quantitative estimate of drug-likeness (QED) is 0.677. The van der Waals surface area contributed by atoms with E-state index in [1.165, 1.54) is 11.1 Å². The summed E-state index contributed by atoms with van der Waals surface area (Å²) in [5.74, 6) is 0. The highest BCUT2D eigenvalue weighted by molar-refractivity contribution is 5.87. The summed E-state index contributed by atoms with van der Waals surface area (Å²) in [5, 5.41) is 10.5. The lowest BCUT2D eigenvalue weighted by Gasteiger charge is -2.15. The normalized spacial score (nSPS) is 16.7. The lowest BCUT2D eigenvalue weighted by Crippen LogP contribution is -2.07. The summed E-state index contributed by atoms with van der Waals surface area (Å²) in [6.45, 7) is 4.07. The van der Waals surface area contributed by atoms with Crippen molar-refractivity contribution in [3.05, 3.63) is 64.5 Å². The molecule has 3 nitrogen and oxygen atoms in total. The van der Waals surface area contributed by atoms with Crippen LogP contribution in [0.3, 0.4) is 0 Å². The van der Waals surface area contributed by atoms with Crippen molar-refractivity contribution in [2.45, 2.75) is 32.7 Å². The summed E-state index contributed by atoms with van der Waals surface area (Å²) < 4.78 is 2.21. The molecule has 0 N–H and O–H groups in total. The summed E-state index contributed by atoms with van der Waals surface area (Å²) in [5.41, 5.74) is 6.58. The highest BCUT2D eigenvalue weighted by atomic mass is 15.1. The van der Waals surface area contributed by atoms with Gasteiger partial charge >= 0.3 is 0 Å². The molecular formula is C19H17N3. The number of aromatic nitrogens is 2. The topological polar surface area (TPSA) is 41.6 Å². The monoisotopic (exact) mass is 287 g/mol. The summed E-state index contributed by atoms with van der Waals surface area (Å²) in [6, 6.07) is 13.3. The Labute approximate surface area is 129 Å². The Morgan fingerprint density at radius 1 is 1.27 bits per heavy atom. The van der Waals surface area contributed by atoms with Crippen LogP contribution in [0.5, 0.6) is 0 Å². The maximum atomic E-state index is 9.49. The van der Waals surface area contributed by atoms with Crippen LogP contribution in [0.2, 0.25) is 0 Å². The Morgan fingerprint density at radius 3 is 2.91 bits per heavy atom. The van der Waals surface area contributed by atoms with Crippen molar-refractivity contribution in [2.75, 3.05) is 0 Å². The Balaban J connectivity index is 2.00. The molecule has 1 aromatic carbocycles. The van der Waals surface area contributed by atoms with Crippen LogP contribution in [0.25, 0.3) is 11.0 Å². The van der Waals surface area contributed by atoms with Gasteiger partial charge in [-0.3, -0.25) is 0 Å². The van der Waals surface area contributed by atoms with E-state index < -0.39 is 0 Å². The zero-order valence-corrected chi connectivity index (χ0v) is 12.8. The van der Waals surface area contributed by atoms with Gasteiger partial charge < -0.3 is 4.57 Å². The number of nitrogens with zero attached hydrogens (tertiary/aromatic N) is 3. The smallest absolute Gasteiger partial charge is 0.142 e. The number of hydrogen-bond donors (Lipinski definition) is 0. The van der Waals surface area contributed by atoms with E-state index in [2.05, 4.69) is 47.9 Å². The van der Waals surface area contributed by atoms with E-state index >= 15 is 0 Å². The molecule has 0 saturated heterocycles. The van der Waals surface area contributed by atoms with E-state index in [-0.39, 0.29) is 6.04 Å². The third-order valence-corrected chi connectivity index (χ3v) is 4.67. The fourth-order valence-corrected chi connectivity index (χ4v) is 3.75. The number of rotatable bonds is 1. The zero-order valence-electron chi connectivity index (χ0n) is 12.8. The fourth-order valence-electron chi connectivity index (χ4n) is 3.75. The Hall–Kier alpha value is -2.60. The molecule has 0 amide bonds. The van der Waals surface area contributed by atoms with Crippen LogP contribution in [0.4, 0.5) is 0 Å². The number of aryl methyl sites for hydroxylation is 3. The Bertz CT molecular complexity index is 928. The van der Waals surface area contributed by atoms with Crippen molar-refractivity contribution >= 4 is 11.0 Å². The van der Waals surface area contributed by atoms with E-state index in [1.807, 2.05) is 13.1 Å². The van der Waals surface area contributed by atoms with E-state index in [9.17, 15) is 5.26 Å². The van der Waals surface area contributed by atoms with E-state index in [4.69, 9.17) is 4.98 Å². The van der Waals surface area contributed by atoms with Gasteiger partial charge in [-0.2, -0.15) is 5.26 Å². The number of benzene rings is 1. The van der Waals surface area contributed by atoms with Crippen molar-refractivity contribution in [1.82, 2.24) is 9.55 Å². The fraction of sp³-hybridized carbons (Fsp3) is 0.263. The molecule has 0 fully saturated rings. The number of pyridine rings is 1. The van der Waals surface area contributed by atoms with Crippen LogP contribution in [-0.4, -0.2) is 9.55 Å². The van der Waals surface area contributed by atoms with Crippen molar-refractivity contribution in [2.24, 2.45) is 0 Å². The molecule has 22 heavy (non-hydrogen) atoms. The molecular weight excluding hydrogens is 270 g/mol. The van der Waals surface area contributed by atoms with Crippen LogP contribution in [0.15, 0.2) is 36.5 Å². The van der Waals surface area contributed by atoms with Gasteiger partial charge in [-0.05, 0) is 49.4 Å². The maximum Gasteiger partial charge on any atom is 0.142 e. The minimum atomic E-state index is 0.287. The summed E-state index contributed by atoms with van der Waals surface area (Å²) in [6.07, 6.45) is 4.15. The van der Waals surface area contributed by atoms with Gasteiger partial charge in [0.25, 0.3) is 0 Å². The standard InChI is InChI=1S/C19H17N3/c1-12-9-13(2)21-19-18(12)15(10-20)11-22(19)17-8-7-14-5-3-4-6-16(14)17/h3-6,9,11,17H,7-8H2,1-2H3. The molecule has 108 valence electrons. The molecule has 0 saturated carbocycles. The van der Waals surface area contributed by atoms with Gasteiger partial charge in [0.1, 0.15) is 11.7 Å². The van der Waals surface area contributed by atoms with Crippen molar-refractivity contribution in [3.63, 3.8) is 0 Å². The highest BCUT2D eigenvalue weighted by Gasteiger charge is 2.26. The third kappa shape index (κ3) is 1.77. The lowest BCUT2D eigenvalue weighted by molar-refractivity contribution is 0.594. The van der Waals surface area contributed by atoms with Crippen molar-refractivity contribution in [3.8, 4) is 6.07 Å². The van der Waals surface area contributed by atoms with Gasteiger partial charge in [0.2, 0.25) is 0 Å². The first-order valence-electron chi connectivity index (χ1n) is 7.65. The molecule has 1 aliphatic rings. The molecule has 3 aromatic rings. The molecule has 0 radical (unpaired) electrons. The molecule has 1 aliphatic carbocycles. The van der Waals surface area contributed by atoms with Crippen LogP contribution >= 0.6 is 0 Å². The molecule has 0 aliphatic heterocycles. The summed E-state index contributed by atoms with van der Waals surface area (Å²) >= 11 is 0. The predicted octanol–water partition coefficient (Wildman–Crippen LogP) is 4.06. The molecule has 1 atom stereocenters. The number of hydrogen-bond acceptors (Lipinski definition) is 2. The largest absolute Gasteiger partial charge is 0.324 e. The van der Waals surface area contributed by atoms with Gasteiger partial charge in [0, 0.05) is 17.3 Å². The molecule has 2 aromatic heterocycles. The minimum Gasteiger partial charge on any atom is -0.324 e. The first-order valence-corrected chi connectivity index (χ1v) is 7.65. The molecule has 1 unspecified atom stereocenters. The second-order valence-corrected chi connectivity index (χ2v) is 6.09. The van der Waals surface area contributed by atoms with Crippen LogP contribution in [-0.2, 0) is 6.42 Å². The van der Waals surface area contributed by atoms with Gasteiger partial charge in [-0.1, -0.05) is 24.3 Å². The second kappa shape index (κ2) is 4.71. The van der Waals surface area contributed by atoms with E-state index in [0.717, 1.165) is 40.7 Å². The molecule has 2 heterocycles. The highest BCUT2D eigenvalue weighted by Crippen LogP contribution is 2.37. The third-order valence-electron chi connectivity index (χ3n) is 4.67. The van der Waals surface area contributed by atoms with Crippen molar-refractivity contribution in [1.29, 1.82) is 5.26 Å². The maximum absolute atomic E-state index is 9.49. The Kier molecular flexibility index (Phi) is 2.80.